The van der Waals surface area contributed by atoms with Gasteiger partial charge in [0, 0.05) is 30.1 Å². The third-order valence-electron chi connectivity index (χ3n) is 3.49. The maximum Gasteiger partial charge on any atom is 0.302 e. The van der Waals surface area contributed by atoms with Crippen molar-refractivity contribution in [3.63, 3.8) is 0 Å². The first-order valence-corrected chi connectivity index (χ1v) is 6.15. The van der Waals surface area contributed by atoms with Crippen LogP contribution in [0.5, 0.6) is 0 Å². The van der Waals surface area contributed by atoms with Crippen molar-refractivity contribution in [1.82, 2.24) is 0 Å². The van der Waals surface area contributed by atoms with Gasteiger partial charge in [-0.3, -0.25) is 4.79 Å². The lowest BCUT2D eigenvalue weighted by Gasteiger charge is -2.22. The van der Waals surface area contributed by atoms with Crippen LogP contribution in [0.1, 0.15) is 31.9 Å². The lowest BCUT2D eigenvalue weighted by molar-refractivity contribution is -0.140. The van der Waals surface area contributed by atoms with Crippen molar-refractivity contribution >= 4 is 11.7 Å². The highest BCUT2D eigenvalue weighted by Gasteiger charge is 2.35. The van der Waals surface area contributed by atoms with Crippen LogP contribution in [-0.2, 0) is 21.4 Å². The number of allylic oxidation sites excluding steroid dienone is 1. The van der Waals surface area contributed by atoms with Crippen molar-refractivity contribution in [3.05, 3.63) is 41.6 Å². The predicted molar refractivity (Wildman–Crippen MR) is 72.6 cm³/mol. The number of anilines is 1. The van der Waals surface area contributed by atoms with Crippen LogP contribution in [-0.4, -0.2) is 12.6 Å². The fourth-order valence-corrected chi connectivity index (χ4v) is 2.43. The summed E-state index contributed by atoms with van der Waals surface area (Å²) in [5.41, 5.74) is 4.53. The molecule has 2 rings (SSSR count). The van der Waals surface area contributed by atoms with Crippen LogP contribution >= 0.6 is 0 Å². The average molecular weight is 245 g/mol. The highest BCUT2D eigenvalue weighted by atomic mass is 16.5. The number of esters is 1. The Morgan fingerprint density at radius 2 is 2.17 bits per heavy atom. The minimum atomic E-state index is -0.232. The van der Waals surface area contributed by atoms with E-state index < -0.39 is 0 Å². The summed E-state index contributed by atoms with van der Waals surface area (Å²) >= 11 is 0. The lowest BCUT2D eigenvalue weighted by atomic mass is 9.81. The summed E-state index contributed by atoms with van der Waals surface area (Å²) in [5, 5.41) is 3.32. The standard InChI is InChI=1S/C15H19NO2/c1-10-15(3,4)14-12(8-9-18-11(2)17)6-5-7-13(14)16-10/h5-7,16H,1,8-9H2,2-4H3. The number of ether oxygens (including phenoxy) is 1. The molecule has 1 aromatic carbocycles. The minimum Gasteiger partial charge on any atom is -0.466 e. The quantitative estimate of drug-likeness (QED) is 0.832. The van der Waals surface area contributed by atoms with Crippen LogP contribution < -0.4 is 5.32 Å². The Kier molecular flexibility index (Phi) is 3.16. The highest BCUT2D eigenvalue weighted by Crippen LogP contribution is 2.44. The first-order valence-electron chi connectivity index (χ1n) is 6.15. The van der Waals surface area contributed by atoms with Gasteiger partial charge >= 0.3 is 5.97 Å². The van der Waals surface area contributed by atoms with Crippen molar-refractivity contribution in [2.45, 2.75) is 32.6 Å². The summed E-state index contributed by atoms with van der Waals surface area (Å²) in [6, 6.07) is 6.17. The molecule has 0 amide bonds. The van der Waals surface area contributed by atoms with E-state index in [-0.39, 0.29) is 11.4 Å². The molecule has 18 heavy (non-hydrogen) atoms. The number of hydrogen-bond acceptors (Lipinski definition) is 3. The molecule has 0 saturated carbocycles. The molecule has 1 aliphatic rings. The first-order chi connectivity index (χ1) is 8.43. The van der Waals surface area contributed by atoms with Crippen molar-refractivity contribution < 1.29 is 9.53 Å². The minimum absolute atomic E-state index is 0.0812. The number of carbonyl (C=O) groups excluding carboxylic acids is 1. The van der Waals surface area contributed by atoms with E-state index in [9.17, 15) is 4.79 Å². The molecule has 0 unspecified atom stereocenters. The summed E-state index contributed by atoms with van der Waals surface area (Å²) in [4.78, 5) is 10.8. The zero-order valence-corrected chi connectivity index (χ0v) is 11.2. The van der Waals surface area contributed by atoms with Gasteiger partial charge in [0.05, 0.1) is 6.61 Å². The van der Waals surface area contributed by atoms with E-state index in [1.165, 1.54) is 18.1 Å². The molecule has 0 fully saturated rings. The number of nitrogens with one attached hydrogen (secondary N) is 1. The molecule has 1 aromatic rings. The number of hydrogen-bond donors (Lipinski definition) is 1. The zero-order valence-electron chi connectivity index (χ0n) is 11.2. The van der Waals surface area contributed by atoms with Gasteiger partial charge in [-0.15, -0.1) is 0 Å². The Morgan fingerprint density at radius 1 is 1.44 bits per heavy atom. The van der Waals surface area contributed by atoms with Crippen molar-refractivity contribution in [2.24, 2.45) is 0 Å². The van der Waals surface area contributed by atoms with E-state index >= 15 is 0 Å². The largest absolute Gasteiger partial charge is 0.466 e. The topological polar surface area (TPSA) is 38.3 Å². The summed E-state index contributed by atoms with van der Waals surface area (Å²) in [6.07, 6.45) is 0.737. The van der Waals surface area contributed by atoms with Gasteiger partial charge in [-0.1, -0.05) is 32.6 Å². The molecule has 1 N–H and O–H groups in total. The van der Waals surface area contributed by atoms with Crippen LogP contribution in [0.2, 0.25) is 0 Å². The first kappa shape index (κ1) is 12.7. The molecule has 0 aromatic heterocycles. The third kappa shape index (κ3) is 2.13. The average Bonchev–Trinajstić information content (AvgIpc) is 2.50. The molecule has 3 nitrogen and oxygen atoms in total. The monoisotopic (exact) mass is 245 g/mol. The molecule has 0 aliphatic carbocycles. The Labute approximate surface area is 108 Å². The van der Waals surface area contributed by atoms with Gasteiger partial charge < -0.3 is 10.1 Å². The van der Waals surface area contributed by atoms with E-state index in [2.05, 4.69) is 37.9 Å². The van der Waals surface area contributed by atoms with Gasteiger partial charge in [-0.05, 0) is 17.2 Å². The number of carbonyl (C=O) groups is 1. The molecule has 0 spiro atoms. The summed E-state index contributed by atoms with van der Waals surface area (Å²) in [6.45, 7) is 10.2. The van der Waals surface area contributed by atoms with Crippen LogP contribution in [0.4, 0.5) is 5.69 Å². The number of fused-ring (bicyclic) bond motifs is 1. The smallest absolute Gasteiger partial charge is 0.302 e. The Hall–Kier alpha value is -1.77. The number of benzene rings is 1. The molecule has 1 aliphatic heterocycles. The summed E-state index contributed by atoms with van der Waals surface area (Å²) in [5.74, 6) is -0.232. The van der Waals surface area contributed by atoms with E-state index in [1.807, 2.05) is 6.07 Å². The highest BCUT2D eigenvalue weighted by molar-refractivity contribution is 5.70. The van der Waals surface area contributed by atoms with Gasteiger partial charge in [0.2, 0.25) is 0 Å². The van der Waals surface area contributed by atoms with E-state index in [0.29, 0.717) is 6.61 Å². The van der Waals surface area contributed by atoms with Crippen molar-refractivity contribution in [2.75, 3.05) is 11.9 Å². The summed E-state index contributed by atoms with van der Waals surface area (Å²) < 4.78 is 5.02. The molecule has 0 atom stereocenters. The van der Waals surface area contributed by atoms with Crippen molar-refractivity contribution in [3.8, 4) is 0 Å². The molecule has 0 bridgehead atoms. The van der Waals surface area contributed by atoms with E-state index in [1.54, 1.807) is 0 Å². The lowest BCUT2D eigenvalue weighted by Crippen LogP contribution is -2.18. The normalized spacial score (nSPS) is 16.1. The predicted octanol–water partition coefficient (Wildman–Crippen LogP) is 3.01. The SMILES string of the molecule is C=C1Nc2cccc(CCOC(C)=O)c2C1(C)C. The third-order valence-corrected chi connectivity index (χ3v) is 3.49. The van der Waals surface area contributed by atoms with E-state index in [0.717, 1.165) is 17.8 Å². The van der Waals surface area contributed by atoms with Gasteiger partial charge in [0.25, 0.3) is 0 Å². The zero-order chi connectivity index (χ0) is 13.3. The molecule has 0 radical (unpaired) electrons. The molecular formula is C15H19NO2. The van der Waals surface area contributed by atoms with E-state index in [4.69, 9.17) is 4.74 Å². The Balaban J connectivity index is 2.26. The van der Waals surface area contributed by atoms with Crippen LogP contribution in [0, 0.1) is 0 Å². The van der Waals surface area contributed by atoms with Crippen LogP contribution in [0.15, 0.2) is 30.5 Å². The van der Waals surface area contributed by atoms with Gasteiger partial charge in [0.15, 0.2) is 0 Å². The maximum absolute atomic E-state index is 10.8. The molecule has 0 saturated heterocycles. The molecule has 3 heteroatoms. The fraction of sp³-hybridized carbons (Fsp3) is 0.400. The summed E-state index contributed by atoms with van der Waals surface area (Å²) in [7, 11) is 0. The second kappa shape index (κ2) is 4.48. The van der Waals surface area contributed by atoms with Gasteiger partial charge in [0.1, 0.15) is 0 Å². The Morgan fingerprint density at radius 3 is 2.83 bits per heavy atom. The van der Waals surface area contributed by atoms with Gasteiger partial charge in [-0.2, -0.15) is 0 Å². The molecule has 96 valence electrons. The van der Waals surface area contributed by atoms with Crippen LogP contribution in [0.3, 0.4) is 0 Å². The fourth-order valence-electron chi connectivity index (χ4n) is 2.43. The van der Waals surface area contributed by atoms with Crippen LogP contribution in [0.25, 0.3) is 0 Å². The Bertz CT molecular complexity index is 503. The van der Waals surface area contributed by atoms with Gasteiger partial charge in [-0.25, -0.2) is 0 Å². The maximum atomic E-state index is 10.8. The molecule has 1 heterocycles. The van der Waals surface area contributed by atoms with Crippen molar-refractivity contribution in [1.29, 1.82) is 0 Å². The second-order valence-electron chi connectivity index (χ2n) is 5.16. The molecular weight excluding hydrogens is 226 g/mol. The second-order valence-corrected chi connectivity index (χ2v) is 5.16. The number of rotatable bonds is 3.